The maximum Gasteiger partial charge on any atom is 0.317 e. The molecule has 2 heterocycles. The van der Waals surface area contributed by atoms with Gasteiger partial charge in [0.2, 0.25) is 0 Å². The molecule has 2 amide bonds. The topological polar surface area (TPSA) is 58.4 Å². The summed E-state index contributed by atoms with van der Waals surface area (Å²) in [6.45, 7) is 5.24. The van der Waals surface area contributed by atoms with Crippen LogP contribution in [0.3, 0.4) is 0 Å². The van der Waals surface area contributed by atoms with E-state index in [0.29, 0.717) is 6.54 Å². The second-order valence-electron chi connectivity index (χ2n) is 5.35. The molecule has 106 valence electrons. The van der Waals surface area contributed by atoms with Crippen LogP contribution in [0.2, 0.25) is 0 Å². The Morgan fingerprint density at radius 3 is 3.05 bits per heavy atom. The number of urea groups is 1. The molecule has 5 nitrogen and oxygen atoms in total. The van der Waals surface area contributed by atoms with Gasteiger partial charge in [0.15, 0.2) is 0 Å². The highest BCUT2D eigenvalue weighted by Crippen LogP contribution is 2.36. The molecular formula is C13H21N3O2S. The first-order valence-corrected chi connectivity index (χ1v) is 7.52. The predicted octanol–water partition coefficient (Wildman–Crippen LogP) is 2.41. The van der Waals surface area contributed by atoms with E-state index in [-0.39, 0.29) is 10.8 Å². The second-order valence-corrected chi connectivity index (χ2v) is 7.03. The van der Waals surface area contributed by atoms with Gasteiger partial charge in [-0.15, -0.1) is 0 Å². The summed E-state index contributed by atoms with van der Waals surface area (Å²) in [5.74, 6) is 1.96. The molecule has 19 heavy (non-hydrogen) atoms. The van der Waals surface area contributed by atoms with Crippen LogP contribution in [0.25, 0.3) is 0 Å². The van der Waals surface area contributed by atoms with E-state index in [1.165, 1.54) is 18.6 Å². The summed E-state index contributed by atoms with van der Waals surface area (Å²) in [5.41, 5.74) is 0.775. The summed E-state index contributed by atoms with van der Waals surface area (Å²) in [5, 5.41) is 6.89. The van der Waals surface area contributed by atoms with E-state index >= 15 is 0 Å². The normalized spacial score (nSPS) is 22.5. The van der Waals surface area contributed by atoms with Crippen molar-refractivity contribution in [3.8, 4) is 0 Å². The molecule has 1 saturated heterocycles. The van der Waals surface area contributed by atoms with Gasteiger partial charge in [-0.25, -0.2) is 4.79 Å². The Hall–Kier alpha value is -1.17. The minimum atomic E-state index is -0.0608. The third kappa shape index (κ3) is 3.89. The molecule has 1 aliphatic rings. The van der Waals surface area contributed by atoms with Gasteiger partial charge in [-0.05, 0) is 32.4 Å². The van der Waals surface area contributed by atoms with E-state index in [1.807, 2.05) is 24.8 Å². The maximum absolute atomic E-state index is 12.0. The molecule has 0 saturated carbocycles. The fourth-order valence-corrected chi connectivity index (χ4v) is 3.43. The van der Waals surface area contributed by atoms with Gasteiger partial charge in [0.25, 0.3) is 0 Å². The lowest BCUT2D eigenvalue weighted by Gasteiger charge is -2.25. The summed E-state index contributed by atoms with van der Waals surface area (Å²) in [4.78, 5) is 13.6. The third-order valence-corrected chi connectivity index (χ3v) is 4.87. The van der Waals surface area contributed by atoms with E-state index in [2.05, 4.69) is 17.4 Å². The average Bonchev–Trinajstić information content (AvgIpc) is 2.96. The number of carbonyl (C=O) groups is 1. The maximum atomic E-state index is 12.0. The molecule has 1 atom stereocenters. The van der Waals surface area contributed by atoms with Gasteiger partial charge in [-0.3, -0.25) is 0 Å². The van der Waals surface area contributed by atoms with Crippen molar-refractivity contribution in [2.45, 2.75) is 38.0 Å². The number of rotatable bonds is 4. The molecular weight excluding hydrogens is 262 g/mol. The van der Waals surface area contributed by atoms with Crippen LogP contribution >= 0.6 is 11.8 Å². The Morgan fingerprint density at radius 1 is 1.68 bits per heavy atom. The predicted molar refractivity (Wildman–Crippen MR) is 76.2 cm³/mol. The Kier molecular flexibility index (Phi) is 4.39. The molecule has 1 aliphatic heterocycles. The van der Waals surface area contributed by atoms with Crippen LogP contribution in [0.4, 0.5) is 4.79 Å². The van der Waals surface area contributed by atoms with Gasteiger partial charge in [0.05, 0.1) is 6.54 Å². The lowest BCUT2D eigenvalue weighted by molar-refractivity contribution is 0.204. The summed E-state index contributed by atoms with van der Waals surface area (Å²) in [7, 11) is 1.77. The van der Waals surface area contributed by atoms with Crippen molar-refractivity contribution in [2.75, 3.05) is 19.3 Å². The highest BCUT2D eigenvalue weighted by Gasteiger charge is 2.30. The van der Waals surface area contributed by atoms with E-state index in [9.17, 15) is 4.79 Å². The largest absolute Gasteiger partial charge is 0.361 e. The highest BCUT2D eigenvalue weighted by atomic mass is 32.2. The molecule has 0 bridgehead atoms. The number of hydrogen-bond donors (Lipinski definition) is 1. The number of aromatic nitrogens is 1. The lowest BCUT2D eigenvalue weighted by atomic mass is 10.1. The van der Waals surface area contributed by atoms with Crippen molar-refractivity contribution in [2.24, 2.45) is 0 Å². The molecule has 0 spiro atoms. The zero-order valence-corrected chi connectivity index (χ0v) is 12.5. The van der Waals surface area contributed by atoms with Gasteiger partial charge >= 0.3 is 6.03 Å². The Labute approximate surface area is 118 Å². The van der Waals surface area contributed by atoms with E-state index in [4.69, 9.17) is 4.52 Å². The zero-order chi connectivity index (χ0) is 13.9. The first-order chi connectivity index (χ1) is 8.98. The monoisotopic (exact) mass is 283 g/mol. The van der Waals surface area contributed by atoms with Gasteiger partial charge in [-0.2, -0.15) is 11.8 Å². The van der Waals surface area contributed by atoms with Gasteiger partial charge in [-0.1, -0.05) is 5.16 Å². The van der Waals surface area contributed by atoms with Crippen molar-refractivity contribution < 1.29 is 9.32 Å². The van der Waals surface area contributed by atoms with Crippen LogP contribution < -0.4 is 5.32 Å². The third-order valence-electron chi connectivity index (χ3n) is 3.34. The van der Waals surface area contributed by atoms with Crippen molar-refractivity contribution >= 4 is 17.8 Å². The van der Waals surface area contributed by atoms with Crippen LogP contribution in [0.5, 0.6) is 0 Å². The van der Waals surface area contributed by atoms with Gasteiger partial charge < -0.3 is 14.7 Å². The summed E-state index contributed by atoms with van der Waals surface area (Å²) in [6, 6.07) is 1.78. The van der Waals surface area contributed by atoms with Crippen molar-refractivity contribution in [1.29, 1.82) is 0 Å². The Bertz CT molecular complexity index is 441. The molecule has 1 aromatic rings. The summed E-state index contributed by atoms with van der Waals surface area (Å²) >= 11 is 1.95. The van der Waals surface area contributed by atoms with Gasteiger partial charge in [0, 0.05) is 24.4 Å². The molecule has 2 rings (SSSR count). The fourth-order valence-electron chi connectivity index (χ4n) is 2.18. The second kappa shape index (κ2) is 5.86. The first-order valence-electron chi connectivity index (χ1n) is 6.54. The van der Waals surface area contributed by atoms with Crippen LogP contribution in [0, 0.1) is 6.92 Å². The number of carbonyl (C=O) groups excluding carboxylic acids is 1. The molecule has 1 aromatic heterocycles. The molecule has 0 aliphatic carbocycles. The minimum absolute atomic E-state index is 0.0608. The Balaban J connectivity index is 1.79. The van der Waals surface area contributed by atoms with Crippen molar-refractivity contribution in [3.05, 3.63) is 17.5 Å². The number of aryl methyl sites for hydroxylation is 1. The fraction of sp³-hybridized carbons (Fsp3) is 0.692. The zero-order valence-electron chi connectivity index (χ0n) is 11.7. The van der Waals surface area contributed by atoms with Crippen LogP contribution in [0.15, 0.2) is 10.6 Å². The summed E-state index contributed by atoms with van der Waals surface area (Å²) in [6.07, 6.45) is 2.41. The summed E-state index contributed by atoms with van der Waals surface area (Å²) < 4.78 is 5.19. The molecule has 6 heteroatoms. The minimum Gasteiger partial charge on any atom is -0.361 e. The lowest BCUT2D eigenvalue weighted by Crippen LogP contribution is -2.43. The number of hydrogen-bond acceptors (Lipinski definition) is 4. The van der Waals surface area contributed by atoms with E-state index in [1.54, 1.807) is 11.9 Å². The van der Waals surface area contributed by atoms with Crippen molar-refractivity contribution in [3.63, 3.8) is 0 Å². The number of nitrogens with zero attached hydrogens (tertiary/aromatic N) is 2. The highest BCUT2D eigenvalue weighted by molar-refractivity contribution is 8.00. The smallest absolute Gasteiger partial charge is 0.317 e. The van der Waals surface area contributed by atoms with E-state index in [0.717, 1.165) is 18.0 Å². The molecule has 1 N–H and O–H groups in total. The molecule has 0 aromatic carbocycles. The van der Waals surface area contributed by atoms with Crippen LogP contribution in [-0.4, -0.2) is 40.2 Å². The molecule has 1 fully saturated rings. The number of nitrogens with one attached hydrogen (secondary N) is 1. The average molecular weight is 283 g/mol. The van der Waals surface area contributed by atoms with E-state index < -0.39 is 0 Å². The SMILES string of the molecule is Cc1cc(CN(C)C(=O)NC[C@]2(C)CCCS2)no1. The van der Waals surface area contributed by atoms with Crippen LogP contribution in [-0.2, 0) is 6.54 Å². The standard InChI is InChI=1S/C13H21N3O2S/c1-10-7-11(15-18-10)8-16(3)12(17)14-9-13(2)5-4-6-19-13/h7H,4-6,8-9H2,1-3H3,(H,14,17)/t13-/m0/s1. The molecule has 0 unspecified atom stereocenters. The molecule has 0 radical (unpaired) electrons. The number of thioether (sulfide) groups is 1. The van der Waals surface area contributed by atoms with Crippen LogP contribution in [0.1, 0.15) is 31.2 Å². The Morgan fingerprint density at radius 2 is 2.47 bits per heavy atom. The quantitative estimate of drug-likeness (QED) is 0.922. The number of amides is 2. The van der Waals surface area contributed by atoms with Crippen molar-refractivity contribution in [1.82, 2.24) is 15.4 Å². The van der Waals surface area contributed by atoms with Gasteiger partial charge in [0.1, 0.15) is 11.5 Å². The first kappa shape index (κ1) is 14.2.